The molecule has 3 aromatic heterocycles. The molecule has 0 saturated heterocycles. The number of benzene rings is 7. The van der Waals surface area contributed by atoms with Crippen LogP contribution < -0.4 is 25.4 Å². The third-order valence-corrected chi connectivity index (χ3v) is 19.8. The van der Waals surface area contributed by atoms with Gasteiger partial charge in [0.2, 0.25) is 0 Å². The van der Waals surface area contributed by atoms with Crippen LogP contribution in [0.3, 0.4) is 0 Å². The summed E-state index contributed by atoms with van der Waals surface area (Å²) in [6.45, 7) is 15.6. The van der Waals surface area contributed by atoms with Gasteiger partial charge in [0, 0.05) is 34.2 Å². The quantitative estimate of drug-likeness (QED) is 0.0675. The summed E-state index contributed by atoms with van der Waals surface area (Å²) in [6, 6.07) is 28.2. The Morgan fingerprint density at radius 1 is 0.462 bits per heavy atom. The van der Waals surface area contributed by atoms with E-state index in [0.29, 0.717) is 63.7 Å². The Hall–Kier alpha value is -10.7. The van der Waals surface area contributed by atoms with Gasteiger partial charge in [-0.15, -0.1) is 0 Å². The van der Waals surface area contributed by atoms with Gasteiger partial charge in [0.25, 0.3) is 23.1 Å². The van der Waals surface area contributed by atoms with Crippen molar-refractivity contribution in [2.45, 2.75) is 175 Å². The van der Waals surface area contributed by atoms with E-state index in [1.807, 2.05) is 30.3 Å². The maximum absolute atomic E-state index is 13.8. The fourth-order valence-electron chi connectivity index (χ4n) is 13.2. The Labute approximate surface area is 615 Å². The van der Waals surface area contributed by atoms with E-state index >= 15 is 0 Å². The molecule has 4 aliphatic carbocycles. The van der Waals surface area contributed by atoms with E-state index in [-0.39, 0.29) is 62.8 Å². The van der Waals surface area contributed by atoms with Crippen molar-refractivity contribution in [1.82, 2.24) is 30.9 Å². The number of aromatic hydroxyl groups is 2. The molecule has 0 radical (unpaired) electrons. The van der Waals surface area contributed by atoms with Crippen LogP contribution in [0.25, 0.3) is 0 Å². The van der Waals surface area contributed by atoms with Gasteiger partial charge in [0.05, 0.1) is 18.1 Å². The number of halogens is 7. The van der Waals surface area contributed by atoms with E-state index in [4.69, 9.17) is 34.3 Å². The third kappa shape index (κ3) is 19.1. The van der Waals surface area contributed by atoms with Gasteiger partial charge in [-0.1, -0.05) is 69.3 Å². The van der Waals surface area contributed by atoms with Crippen molar-refractivity contribution in [2.75, 3.05) is 0 Å². The van der Waals surface area contributed by atoms with Crippen LogP contribution in [0.5, 0.6) is 35.2 Å². The molecule has 10 aromatic rings. The summed E-state index contributed by atoms with van der Waals surface area (Å²) in [7, 11) is 0. The monoisotopic (exact) mass is 1480 g/mol. The molecule has 4 aliphatic rings. The predicted molar refractivity (Wildman–Crippen MR) is 386 cm³/mol. The first kappa shape index (κ1) is 77.9. The van der Waals surface area contributed by atoms with Gasteiger partial charge in [-0.2, -0.15) is 15.0 Å². The van der Waals surface area contributed by atoms with E-state index < -0.39 is 70.8 Å². The highest BCUT2D eigenvalue weighted by molar-refractivity contribution is 6.27. The number of ketones is 1. The molecular formula is C82H83ClF6N6O11. The number of phenols is 2. The number of hydrogen-bond donors (Lipinski definition) is 5. The van der Waals surface area contributed by atoms with Crippen LogP contribution in [0.1, 0.15) is 243 Å². The van der Waals surface area contributed by atoms with Crippen LogP contribution in [-0.4, -0.2) is 48.7 Å². The van der Waals surface area contributed by atoms with Crippen LogP contribution in [0, 0.1) is 55.7 Å². The van der Waals surface area contributed by atoms with Crippen molar-refractivity contribution in [2.24, 2.45) is 0 Å². The van der Waals surface area contributed by atoms with Crippen molar-refractivity contribution in [3.8, 4) is 35.2 Å². The van der Waals surface area contributed by atoms with Gasteiger partial charge >= 0.3 is 12.2 Å². The molecule has 6 atom stereocenters. The second-order valence-corrected chi connectivity index (χ2v) is 27.4. The van der Waals surface area contributed by atoms with Crippen LogP contribution in [0.4, 0.5) is 26.3 Å². The first-order valence-corrected chi connectivity index (χ1v) is 35.6. The fraction of sp³-hybridized carbons (Fsp3) is 0.329. The molecule has 0 saturated carbocycles. The minimum Gasteiger partial charge on any atom is -0.508 e. The molecule has 556 valence electrons. The zero-order valence-electron chi connectivity index (χ0n) is 60.1. The molecule has 3 amide bonds. The van der Waals surface area contributed by atoms with Crippen LogP contribution in [0.15, 0.2) is 141 Å². The molecular weight excluding hydrogens is 1390 g/mol. The highest BCUT2D eigenvalue weighted by atomic mass is 35.5. The summed E-state index contributed by atoms with van der Waals surface area (Å²) in [6.07, 6.45) is 15.6. The topological polar surface area (TPSA) is 241 Å². The van der Waals surface area contributed by atoms with Crippen molar-refractivity contribution in [3.05, 3.63) is 263 Å². The molecule has 3 heterocycles. The van der Waals surface area contributed by atoms with E-state index in [2.05, 4.69) is 69.9 Å². The number of amides is 3. The lowest BCUT2D eigenvalue weighted by Gasteiger charge is -2.23. The molecule has 106 heavy (non-hydrogen) atoms. The number of nitrogens with one attached hydrogen (secondary N) is 3. The number of fused-ring (bicyclic) bond motifs is 4. The number of aromatic nitrogens is 3. The standard InChI is InChI=1S/2C24H24F2N2O3.C13H11ClF2N2O2.C11H14O.C10H10O2/c2*1-13-6-4-8-18-17(13)7-5-9-22(18)31-24-28-21(12-30-24)23(29)27-15(3)16-10-19(25)14(2)20(26)11-16;1-6-9(15)3-8(4-10(6)16)7(2)17-12(19)11-5-20-13(14)18-11;1-8-4-2-6-10-9(8)5-3-7-11(10)12;11-9-5-1-3-7-8(9)4-2-6-10(7)12/h2*5,7,9-13,15H,4,6,8H2,1-3H3,(H,27,29);3-5,7H,1-2H3,(H,17,19);3,5,7-8,12H,2,4,6H2,1H3;1,3,5,11H,2,4,6H2/t2*13?,15-;7-;;/m111../s1. The number of oxazole rings is 3. The average molecular weight is 1480 g/mol. The van der Waals surface area contributed by atoms with Crippen LogP contribution in [0.2, 0.25) is 5.35 Å². The number of hydrogen-bond acceptors (Lipinski definition) is 14. The lowest BCUT2D eigenvalue weighted by molar-refractivity contribution is 0.0926. The molecule has 0 aliphatic heterocycles. The number of phenolic OH excluding ortho intramolecular Hbond substituents is 2. The summed E-state index contributed by atoms with van der Waals surface area (Å²) in [5.74, 6) is -1.74. The van der Waals surface area contributed by atoms with E-state index in [9.17, 15) is 55.7 Å². The SMILES string of the molecule is CC1CCCc2c(O)cccc21.Cc1c(F)cc([C@@H](C)NC(=O)c2coc(Cl)n2)cc1F.Cc1c(F)cc([C@@H](C)NC(=O)c2coc(Oc3cccc4c3CCCC4C)n2)cc1F.Cc1c(F)cc([C@@H](C)NC(=O)c2coc(Oc3cccc4c3CCCC4C)n2)cc1F.O=C1CCCc2c(O)cccc21. The summed E-state index contributed by atoms with van der Waals surface area (Å²) >= 11 is 5.46. The highest BCUT2D eigenvalue weighted by Crippen LogP contribution is 2.41. The molecule has 14 rings (SSSR count). The predicted octanol–water partition coefficient (Wildman–Crippen LogP) is 20.1. The van der Waals surface area contributed by atoms with E-state index in [1.165, 1.54) is 105 Å². The Kier molecular flexibility index (Phi) is 25.7. The minimum atomic E-state index is -0.662. The maximum atomic E-state index is 13.8. The number of rotatable bonds is 13. The van der Waals surface area contributed by atoms with E-state index in [0.717, 1.165) is 80.7 Å². The Morgan fingerprint density at radius 3 is 1.16 bits per heavy atom. The molecule has 0 fully saturated rings. The smallest absolute Gasteiger partial charge is 0.399 e. The normalized spacial score (nSPS) is 16.2. The van der Waals surface area contributed by atoms with Gasteiger partial charge in [-0.3, -0.25) is 19.2 Å². The molecule has 3 unspecified atom stereocenters. The minimum absolute atomic E-state index is 0.00472. The van der Waals surface area contributed by atoms with Gasteiger partial charge in [-0.05, 0) is 252 Å². The van der Waals surface area contributed by atoms with Crippen LogP contribution in [-0.2, 0) is 25.7 Å². The molecule has 0 spiro atoms. The summed E-state index contributed by atoms with van der Waals surface area (Å²) in [4.78, 5) is 60.1. The number of carbonyl (C=O) groups excluding carboxylic acids is 4. The first-order valence-electron chi connectivity index (χ1n) is 35.2. The summed E-state index contributed by atoms with van der Waals surface area (Å²) in [5.41, 5.74) is 9.69. The van der Waals surface area contributed by atoms with Crippen LogP contribution >= 0.6 is 11.6 Å². The van der Waals surface area contributed by atoms with Crippen molar-refractivity contribution < 1.29 is 78.5 Å². The molecule has 24 heteroatoms. The van der Waals surface area contributed by atoms with E-state index in [1.54, 1.807) is 45.0 Å². The highest BCUT2D eigenvalue weighted by Gasteiger charge is 2.27. The maximum Gasteiger partial charge on any atom is 0.399 e. The van der Waals surface area contributed by atoms with Gasteiger partial charge in [0.1, 0.15) is 76.7 Å². The second-order valence-electron chi connectivity index (χ2n) is 27.1. The number of Topliss-reactive ketones (excluding diaryl/α,β-unsaturated/α-hetero) is 1. The van der Waals surface area contributed by atoms with Gasteiger partial charge < -0.3 is 48.9 Å². The van der Waals surface area contributed by atoms with Gasteiger partial charge in [-0.25, -0.2) is 26.3 Å². The molecule has 5 N–H and O–H groups in total. The second kappa shape index (κ2) is 34.9. The molecule has 17 nitrogen and oxygen atoms in total. The van der Waals surface area contributed by atoms with Crippen molar-refractivity contribution >= 4 is 35.1 Å². The molecule has 7 aromatic carbocycles. The lowest BCUT2D eigenvalue weighted by atomic mass is 9.83. The fourth-order valence-corrected chi connectivity index (χ4v) is 13.3. The zero-order chi connectivity index (χ0) is 76.2. The first-order chi connectivity index (χ1) is 50.6. The van der Waals surface area contributed by atoms with Crippen molar-refractivity contribution in [3.63, 3.8) is 0 Å². The zero-order valence-corrected chi connectivity index (χ0v) is 60.9. The Bertz CT molecular complexity index is 4600. The summed E-state index contributed by atoms with van der Waals surface area (Å²) < 4.78 is 109. The van der Waals surface area contributed by atoms with Gasteiger partial charge in [0.15, 0.2) is 22.9 Å². The summed E-state index contributed by atoms with van der Waals surface area (Å²) in [5, 5.41) is 26.7. The number of nitrogens with zero attached hydrogens (tertiary/aromatic N) is 3. The Balaban J connectivity index is 0.000000149. The average Bonchev–Trinajstić information content (AvgIpc) is 1.33. The Morgan fingerprint density at radius 2 is 0.792 bits per heavy atom. The largest absolute Gasteiger partial charge is 0.508 e. The van der Waals surface area contributed by atoms with Crippen molar-refractivity contribution in [1.29, 1.82) is 0 Å². The lowest BCUT2D eigenvalue weighted by Crippen LogP contribution is -2.27. The molecule has 0 bridgehead atoms. The number of carbonyl (C=O) groups is 4. The third-order valence-electron chi connectivity index (χ3n) is 19.6. The number of ether oxygens (including phenoxy) is 2.